The van der Waals surface area contributed by atoms with Crippen molar-refractivity contribution in [1.29, 1.82) is 0 Å². The number of aryl methyl sites for hydroxylation is 1. The molecule has 2 aromatic heterocycles. The van der Waals surface area contributed by atoms with Crippen molar-refractivity contribution in [2.75, 3.05) is 37.0 Å². The van der Waals surface area contributed by atoms with Gasteiger partial charge in [0.15, 0.2) is 5.82 Å². The van der Waals surface area contributed by atoms with Crippen molar-refractivity contribution < 1.29 is 4.52 Å². The molecule has 0 unspecified atom stereocenters. The SMILES string of the molecule is CCn1ccnc(N2CCC(c3nc(N(C)C)no3)CC2)c1=O. The standard InChI is InChI=1S/C15H22N6O2/c1-4-20-10-7-16-12(14(20)22)21-8-5-11(6-9-21)13-17-15(18-23-13)19(2)3/h7,10-11H,4-6,8-9H2,1-3H3. The van der Waals surface area contributed by atoms with Gasteiger partial charge in [0.25, 0.3) is 11.5 Å². The summed E-state index contributed by atoms with van der Waals surface area (Å²) in [6.45, 7) is 4.13. The highest BCUT2D eigenvalue weighted by molar-refractivity contribution is 5.36. The Labute approximate surface area is 134 Å². The van der Waals surface area contributed by atoms with Crippen molar-refractivity contribution in [3.05, 3.63) is 28.6 Å². The first-order valence-corrected chi connectivity index (χ1v) is 7.91. The minimum absolute atomic E-state index is 0.0267. The molecule has 1 aliphatic heterocycles. The fourth-order valence-electron chi connectivity index (χ4n) is 2.81. The molecule has 2 aromatic rings. The van der Waals surface area contributed by atoms with Crippen molar-refractivity contribution in [2.45, 2.75) is 32.2 Å². The van der Waals surface area contributed by atoms with Crippen LogP contribution in [0.15, 0.2) is 21.7 Å². The highest BCUT2D eigenvalue weighted by Crippen LogP contribution is 2.28. The van der Waals surface area contributed by atoms with Crippen LogP contribution < -0.4 is 15.4 Å². The van der Waals surface area contributed by atoms with Gasteiger partial charge in [-0.1, -0.05) is 0 Å². The third-order valence-electron chi connectivity index (χ3n) is 4.21. The second-order valence-electron chi connectivity index (χ2n) is 5.93. The van der Waals surface area contributed by atoms with Crippen molar-refractivity contribution in [3.63, 3.8) is 0 Å². The largest absolute Gasteiger partial charge is 0.352 e. The lowest BCUT2D eigenvalue weighted by Gasteiger charge is -2.30. The van der Waals surface area contributed by atoms with Crippen LogP contribution in [0, 0.1) is 0 Å². The number of hydrogen-bond acceptors (Lipinski definition) is 7. The molecule has 8 nitrogen and oxygen atoms in total. The zero-order chi connectivity index (χ0) is 16.4. The van der Waals surface area contributed by atoms with Gasteiger partial charge < -0.3 is 18.9 Å². The smallest absolute Gasteiger partial charge is 0.293 e. The molecule has 3 heterocycles. The van der Waals surface area contributed by atoms with Gasteiger partial charge in [-0.3, -0.25) is 4.79 Å². The van der Waals surface area contributed by atoms with Crippen molar-refractivity contribution >= 4 is 11.8 Å². The molecule has 0 amide bonds. The molecule has 0 radical (unpaired) electrons. The summed E-state index contributed by atoms with van der Waals surface area (Å²) in [5.41, 5.74) is -0.0267. The van der Waals surface area contributed by atoms with Crippen LogP contribution in [0.4, 0.5) is 11.8 Å². The Hall–Kier alpha value is -2.38. The van der Waals surface area contributed by atoms with E-state index in [2.05, 4.69) is 15.1 Å². The number of aromatic nitrogens is 4. The van der Waals surface area contributed by atoms with E-state index >= 15 is 0 Å². The molecular formula is C15H22N6O2. The molecule has 0 N–H and O–H groups in total. The summed E-state index contributed by atoms with van der Waals surface area (Å²) in [7, 11) is 3.77. The van der Waals surface area contributed by atoms with E-state index in [0.29, 0.717) is 24.2 Å². The third-order valence-corrected chi connectivity index (χ3v) is 4.21. The first-order valence-electron chi connectivity index (χ1n) is 7.91. The lowest BCUT2D eigenvalue weighted by atomic mass is 9.97. The summed E-state index contributed by atoms with van der Waals surface area (Å²) in [5, 5.41) is 3.97. The van der Waals surface area contributed by atoms with Gasteiger partial charge in [0.05, 0.1) is 0 Å². The van der Waals surface area contributed by atoms with Gasteiger partial charge in [-0.25, -0.2) is 4.98 Å². The van der Waals surface area contributed by atoms with Gasteiger partial charge in [-0.2, -0.15) is 4.98 Å². The average molecular weight is 318 g/mol. The first kappa shape index (κ1) is 15.5. The van der Waals surface area contributed by atoms with Crippen LogP contribution in [0.2, 0.25) is 0 Å². The van der Waals surface area contributed by atoms with Gasteiger partial charge >= 0.3 is 0 Å². The predicted octanol–water partition coefficient (Wildman–Crippen LogP) is 1.10. The molecule has 23 heavy (non-hydrogen) atoms. The zero-order valence-electron chi connectivity index (χ0n) is 13.8. The molecule has 3 rings (SSSR count). The van der Waals surface area contributed by atoms with Gasteiger partial charge in [0.1, 0.15) is 0 Å². The molecular weight excluding hydrogens is 296 g/mol. The molecule has 8 heteroatoms. The fraction of sp³-hybridized carbons (Fsp3) is 0.600. The summed E-state index contributed by atoms with van der Waals surface area (Å²) >= 11 is 0. The summed E-state index contributed by atoms with van der Waals surface area (Å²) in [6.07, 6.45) is 5.15. The van der Waals surface area contributed by atoms with E-state index < -0.39 is 0 Å². The van der Waals surface area contributed by atoms with Crippen LogP contribution in [0.5, 0.6) is 0 Å². The average Bonchev–Trinajstić information content (AvgIpc) is 3.06. The quantitative estimate of drug-likeness (QED) is 0.835. The molecule has 1 aliphatic rings. The number of nitrogens with zero attached hydrogens (tertiary/aromatic N) is 6. The lowest BCUT2D eigenvalue weighted by molar-refractivity contribution is 0.328. The Balaban J connectivity index is 1.70. The van der Waals surface area contributed by atoms with Crippen LogP contribution in [0.3, 0.4) is 0 Å². The molecule has 0 bridgehead atoms. The molecule has 0 aromatic carbocycles. The van der Waals surface area contributed by atoms with Crippen molar-refractivity contribution in [2.24, 2.45) is 0 Å². The van der Waals surface area contributed by atoms with Gasteiger partial charge in [-0.15, -0.1) is 0 Å². The topological polar surface area (TPSA) is 80.3 Å². The van der Waals surface area contributed by atoms with E-state index in [-0.39, 0.29) is 11.5 Å². The summed E-state index contributed by atoms with van der Waals surface area (Å²) in [6, 6.07) is 0. The summed E-state index contributed by atoms with van der Waals surface area (Å²) in [5.74, 6) is 2.05. The third kappa shape index (κ3) is 3.06. The van der Waals surface area contributed by atoms with Gasteiger partial charge in [0.2, 0.25) is 5.89 Å². The minimum Gasteiger partial charge on any atom is -0.352 e. The van der Waals surface area contributed by atoms with E-state index in [1.807, 2.05) is 30.8 Å². The van der Waals surface area contributed by atoms with E-state index in [0.717, 1.165) is 25.9 Å². The number of hydrogen-bond donors (Lipinski definition) is 0. The van der Waals surface area contributed by atoms with Gasteiger partial charge in [0, 0.05) is 52.0 Å². The monoisotopic (exact) mass is 318 g/mol. The maximum absolute atomic E-state index is 12.3. The molecule has 0 aliphatic carbocycles. The lowest BCUT2D eigenvalue weighted by Crippen LogP contribution is -2.38. The van der Waals surface area contributed by atoms with E-state index in [1.165, 1.54) is 0 Å². The van der Waals surface area contributed by atoms with E-state index in [1.54, 1.807) is 17.0 Å². The Bertz CT molecular complexity index is 715. The highest BCUT2D eigenvalue weighted by Gasteiger charge is 2.27. The van der Waals surface area contributed by atoms with E-state index in [4.69, 9.17) is 4.52 Å². The number of piperidine rings is 1. The highest BCUT2D eigenvalue weighted by atomic mass is 16.5. The van der Waals surface area contributed by atoms with Crippen LogP contribution in [-0.2, 0) is 6.54 Å². The molecule has 1 saturated heterocycles. The molecule has 0 saturated carbocycles. The fourth-order valence-corrected chi connectivity index (χ4v) is 2.81. The number of rotatable bonds is 4. The first-order chi connectivity index (χ1) is 11.1. The Kier molecular flexibility index (Phi) is 4.31. The second kappa shape index (κ2) is 6.39. The summed E-state index contributed by atoms with van der Waals surface area (Å²) in [4.78, 5) is 24.9. The molecule has 0 spiro atoms. The maximum atomic E-state index is 12.3. The Morgan fingerprint density at radius 3 is 2.70 bits per heavy atom. The maximum Gasteiger partial charge on any atom is 0.293 e. The van der Waals surface area contributed by atoms with Crippen LogP contribution >= 0.6 is 0 Å². The second-order valence-corrected chi connectivity index (χ2v) is 5.93. The van der Waals surface area contributed by atoms with Crippen LogP contribution in [0.25, 0.3) is 0 Å². The minimum atomic E-state index is -0.0267. The zero-order valence-corrected chi connectivity index (χ0v) is 13.8. The Morgan fingerprint density at radius 1 is 1.35 bits per heavy atom. The van der Waals surface area contributed by atoms with Crippen molar-refractivity contribution in [1.82, 2.24) is 19.7 Å². The van der Waals surface area contributed by atoms with Crippen LogP contribution in [-0.4, -0.2) is 46.9 Å². The van der Waals surface area contributed by atoms with Crippen LogP contribution in [0.1, 0.15) is 31.6 Å². The molecule has 124 valence electrons. The summed E-state index contributed by atoms with van der Waals surface area (Å²) < 4.78 is 7.04. The Morgan fingerprint density at radius 2 is 2.09 bits per heavy atom. The molecule has 0 atom stereocenters. The molecule has 1 fully saturated rings. The van der Waals surface area contributed by atoms with Gasteiger partial charge in [-0.05, 0) is 24.9 Å². The normalized spacial score (nSPS) is 15.9. The van der Waals surface area contributed by atoms with Crippen molar-refractivity contribution in [3.8, 4) is 0 Å². The predicted molar refractivity (Wildman–Crippen MR) is 87.0 cm³/mol. The van der Waals surface area contributed by atoms with E-state index in [9.17, 15) is 4.79 Å². The number of anilines is 2.